The first kappa shape index (κ1) is 9.43. The molecule has 1 unspecified atom stereocenters. The fourth-order valence-electron chi connectivity index (χ4n) is 1.15. The third-order valence-corrected chi connectivity index (χ3v) is 2.36. The minimum Gasteiger partial charge on any atom is -0.472 e. The number of halogens is 1. The van der Waals surface area contributed by atoms with E-state index in [-0.39, 0.29) is 0 Å². The normalized spacial score (nSPS) is 12.7. The van der Waals surface area contributed by atoms with E-state index in [4.69, 9.17) is 4.42 Å². The molecule has 0 fully saturated rings. The minimum absolute atomic E-state index is 0.606. The van der Waals surface area contributed by atoms with Crippen LogP contribution in [0.1, 0.15) is 17.4 Å². The maximum absolute atomic E-state index is 9.83. The fourth-order valence-corrected chi connectivity index (χ4v) is 1.38. The molecule has 0 aromatic carbocycles. The minimum atomic E-state index is -0.721. The lowest BCUT2D eigenvalue weighted by molar-refractivity contribution is 0.214. The Morgan fingerprint density at radius 1 is 1.36 bits per heavy atom. The molecule has 1 N–H and O–H groups in total. The van der Waals surface area contributed by atoms with Crippen molar-refractivity contribution in [3.8, 4) is 0 Å². The molecule has 72 valence electrons. The van der Waals surface area contributed by atoms with Gasteiger partial charge in [0, 0.05) is 16.2 Å². The third-order valence-electron chi connectivity index (χ3n) is 1.89. The molecule has 0 spiro atoms. The van der Waals surface area contributed by atoms with Crippen molar-refractivity contribution in [2.24, 2.45) is 0 Å². The summed E-state index contributed by atoms with van der Waals surface area (Å²) in [5, 5.41) is 9.83. The van der Waals surface area contributed by atoms with Gasteiger partial charge in [-0.2, -0.15) is 0 Å². The van der Waals surface area contributed by atoms with Crippen LogP contribution in [0.3, 0.4) is 0 Å². The smallest absolute Gasteiger partial charge is 0.124 e. The van der Waals surface area contributed by atoms with Crippen molar-refractivity contribution in [2.75, 3.05) is 0 Å². The number of furan rings is 1. The molecule has 2 rings (SSSR count). The van der Waals surface area contributed by atoms with Gasteiger partial charge < -0.3 is 9.52 Å². The largest absolute Gasteiger partial charge is 0.472 e. The Morgan fingerprint density at radius 2 is 2.21 bits per heavy atom. The quantitative estimate of drug-likeness (QED) is 0.895. The first-order chi connectivity index (χ1) is 6.77. The second kappa shape index (κ2) is 3.94. The van der Waals surface area contributed by atoms with Gasteiger partial charge in [-0.15, -0.1) is 0 Å². The molecule has 2 heterocycles. The molecule has 0 saturated heterocycles. The average molecular weight is 254 g/mol. The molecule has 2 aromatic heterocycles. The zero-order chi connectivity index (χ0) is 9.97. The van der Waals surface area contributed by atoms with Crippen molar-refractivity contribution >= 4 is 15.9 Å². The second-order valence-corrected chi connectivity index (χ2v) is 3.78. The summed E-state index contributed by atoms with van der Waals surface area (Å²) in [6.45, 7) is 0. The van der Waals surface area contributed by atoms with Gasteiger partial charge >= 0.3 is 0 Å². The molecule has 0 bridgehead atoms. The number of aliphatic hydroxyl groups excluding tert-OH is 1. The summed E-state index contributed by atoms with van der Waals surface area (Å²) in [4.78, 5) is 4.10. The van der Waals surface area contributed by atoms with Crippen molar-refractivity contribution in [3.05, 3.63) is 52.7 Å². The number of nitrogens with zero attached hydrogens (tertiary/aromatic N) is 1. The van der Waals surface area contributed by atoms with Gasteiger partial charge in [-0.05, 0) is 34.1 Å². The van der Waals surface area contributed by atoms with Gasteiger partial charge in [0.15, 0.2) is 0 Å². The molecule has 0 amide bonds. The van der Waals surface area contributed by atoms with Crippen molar-refractivity contribution < 1.29 is 9.52 Å². The summed E-state index contributed by atoms with van der Waals surface area (Å²) in [6, 6.07) is 5.32. The molecule has 0 aliphatic heterocycles. The molecule has 14 heavy (non-hydrogen) atoms. The number of hydrogen-bond acceptors (Lipinski definition) is 3. The summed E-state index contributed by atoms with van der Waals surface area (Å²) in [6.07, 6.45) is 3.96. The number of rotatable bonds is 2. The summed E-state index contributed by atoms with van der Waals surface area (Å²) in [7, 11) is 0. The van der Waals surface area contributed by atoms with E-state index in [2.05, 4.69) is 20.9 Å². The van der Waals surface area contributed by atoms with E-state index >= 15 is 0 Å². The lowest BCUT2D eigenvalue weighted by atomic mass is 10.1. The standard InChI is InChI=1S/C10H8BrNO2/c11-8-1-2-9(12-5-8)10(13)7-3-4-14-6-7/h1-6,10,13H. The zero-order valence-electron chi connectivity index (χ0n) is 7.22. The lowest BCUT2D eigenvalue weighted by Crippen LogP contribution is -2.00. The summed E-state index contributed by atoms with van der Waals surface area (Å²) in [5.74, 6) is 0. The van der Waals surface area contributed by atoms with Crippen LogP contribution in [-0.4, -0.2) is 10.1 Å². The van der Waals surface area contributed by atoms with Crippen LogP contribution in [0.15, 0.2) is 45.8 Å². The third kappa shape index (κ3) is 1.86. The van der Waals surface area contributed by atoms with Gasteiger partial charge in [-0.1, -0.05) is 0 Å². The van der Waals surface area contributed by atoms with E-state index in [0.717, 1.165) is 4.47 Å². The molecular formula is C10H8BrNO2. The van der Waals surface area contributed by atoms with Crippen LogP contribution in [0.2, 0.25) is 0 Å². The van der Waals surface area contributed by atoms with Gasteiger partial charge in [0.2, 0.25) is 0 Å². The number of hydrogen-bond donors (Lipinski definition) is 1. The maximum Gasteiger partial charge on any atom is 0.124 e. The second-order valence-electron chi connectivity index (χ2n) is 2.86. The average Bonchev–Trinajstić information content (AvgIpc) is 2.71. The first-order valence-corrected chi connectivity index (χ1v) is 4.88. The van der Waals surface area contributed by atoms with E-state index < -0.39 is 6.10 Å². The molecule has 1 atom stereocenters. The Hall–Kier alpha value is -1.13. The van der Waals surface area contributed by atoms with Gasteiger partial charge in [-0.25, -0.2) is 0 Å². The van der Waals surface area contributed by atoms with Crippen molar-refractivity contribution in [3.63, 3.8) is 0 Å². The van der Waals surface area contributed by atoms with E-state index in [1.165, 1.54) is 12.5 Å². The summed E-state index contributed by atoms with van der Waals surface area (Å²) < 4.78 is 5.77. The number of pyridine rings is 1. The fraction of sp³-hybridized carbons (Fsp3) is 0.100. The highest BCUT2D eigenvalue weighted by Crippen LogP contribution is 2.21. The lowest BCUT2D eigenvalue weighted by Gasteiger charge is -2.06. The van der Waals surface area contributed by atoms with Crippen LogP contribution in [0.25, 0.3) is 0 Å². The zero-order valence-corrected chi connectivity index (χ0v) is 8.81. The Balaban J connectivity index is 2.28. The Bertz CT molecular complexity index is 397. The highest BCUT2D eigenvalue weighted by Gasteiger charge is 2.12. The maximum atomic E-state index is 9.83. The van der Waals surface area contributed by atoms with Gasteiger partial charge in [0.1, 0.15) is 6.10 Å². The molecule has 0 radical (unpaired) electrons. The molecule has 0 saturated carbocycles. The van der Waals surface area contributed by atoms with E-state index in [0.29, 0.717) is 11.3 Å². The van der Waals surface area contributed by atoms with Crippen LogP contribution in [0.5, 0.6) is 0 Å². The molecule has 3 nitrogen and oxygen atoms in total. The van der Waals surface area contributed by atoms with Gasteiger partial charge in [-0.3, -0.25) is 4.98 Å². The molecule has 0 aliphatic carbocycles. The van der Waals surface area contributed by atoms with Crippen LogP contribution in [-0.2, 0) is 0 Å². The van der Waals surface area contributed by atoms with Gasteiger partial charge in [0.25, 0.3) is 0 Å². The van der Waals surface area contributed by atoms with Crippen molar-refractivity contribution in [2.45, 2.75) is 6.10 Å². The predicted octanol–water partition coefficient (Wildman–Crippen LogP) is 2.52. The Morgan fingerprint density at radius 3 is 2.79 bits per heavy atom. The number of aromatic nitrogens is 1. The van der Waals surface area contributed by atoms with Crippen molar-refractivity contribution in [1.82, 2.24) is 4.98 Å². The monoisotopic (exact) mass is 253 g/mol. The molecular weight excluding hydrogens is 246 g/mol. The molecule has 2 aromatic rings. The summed E-state index contributed by atoms with van der Waals surface area (Å²) >= 11 is 3.28. The summed E-state index contributed by atoms with van der Waals surface area (Å²) in [5.41, 5.74) is 1.31. The molecule has 4 heteroatoms. The predicted molar refractivity (Wildman–Crippen MR) is 54.7 cm³/mol. The molecule has 0 aliphatic rings. The Kier molecular flexibility index (Phi) is 2.65. The first-order valence-electron chi connectivity index (χ1n) is 4.09. The van der Waals surface area contributed by atoms with Crippen LogP contribution in [0, 0.1) is 0 Å². The van der Waals surface area contributed by atoms with E-state index in [1.54, 1.807) is 18.3 Å². The van der Waals surface area contributed by atoms with Crippen LogP contribution >= 0.6 is 15.9 Å². The Labute approximate surface area is 89.5 Å². The van der Waals surface area contributed by atoms with Crippen molar-refractivity contribution in [1.29, 1.82) is 0 Å². The SMILES string of the molecule is OC(c1ccoc1)c1ccc(Br)cn1. The highest BCUT2D eigenvalue weighted by molar-refractivity contribution is 9.10. The van der Waals surface area contributed by atoms with Gasteiger partial charge in [0.05, 0.1) is 18.2 Å². The highest BCUT2D eigenvalue weighted by atomic mass is 79.9. The number of aliphatic hydroxyl groups is 1. The topological polar surface area (TPSA) is 46.3 Å². The van der Waals surface area contributed by atoms with Crippen LogP contribution in [0.4, 0.5) is 0 Å². The van der Waals surface area contributed by atoms with Crippen LogP contribution < -0.4 is 0 Å². The van der Waals surface area contributed by atoms with E-state index in [9.17, 15) is 5.11 Å². The van der Waals surface area contributed by atoms with E-state index in [1.807, 2.05) is 6.07 Å².